The summed E-state index contributed by atoms with van der Waals surface area (Å²) in [6.45, 7) is 3.86. The number of hydrogen-bond donors (Lipinski definition) is 0. The molecule has 0 aliphatic carbocycles. The zero-order valence-electron chi connectivity index (χ0n) is 12.9. The van der Waals surface area contributed by atoms with Crippen LogP contribution >= 0.6 is 11.8 Å². The zero-order valence-corrected chi connectivity index (χ0v) is 14.6. The van der Waals surface area contributed by atoms with Crippen LogP contribution in [0.4, 0.5) is 0 Å². The van der Waals surface area contributed by atoms with Crippen LogP contribution in [0.2, 0.25) is 0 Å². The summed E-state index contributed by atoms with van der Waals surface area (Å²) in [5.41, 5.74) is 3.94. The molecule has 0 aliphatic heterocycles. The normalized spacial score (nSPS) is 11.1. The van der Waals surface area contributed by atoms with Gasteiger partial charge in [0, 0.05) is 0 Å². The molecule has 0 unspecified atom stereocenters. The van der Waals surface area contributed by atoms with Crippen LogP contribution in [0, 0.1) is 13.8 Å². The van der Waals surface area contributed by atoms with E-state index in [9.17, 15) is 13.0 Å². The largest absolute Gasteiger partial charge is 0.744 e. The highest BCUT2D eigenvalue weighted by Gasteiger charge is 2.03. The van der Waals surface area contributed by atoms with Gasteiger partial charge in [-0.25, -0.2) is 13.4 Å². The third-order valence-electron chi connectivity index (χ3n) is 3.01. The van der Waals surface area contributed by atoms with Gasteiger partial charge in [0.25, 0.3) is 5.22 Å². The van der Waals surface area contributed by atoms with E-state index in [1.807, 2.05) is 38.3 Å². The summed E-state index contributed by atoms with van der Waals surface area (Å²) < 4.78 is 36.6. The van der Waals surface area contributed by atoms with Crippen LogP contribution in [0.15, 0.2) is 57.0 Å². The zero-order chi connectivity index (χ0) is 17.0. The van der Waals surface area contributed by atoms with Crippen LogP contribution < -0.4 is 0 Å². The summed E-state index contributed by atoms with van der Waals surface area (Å²) >= 11 is 1.52. The van der Waals surface area contributed by atoms with E-state index < -0.39 is 10.1 Å². The van der Waals surface area contributed by atoms with Gasteiger partial charge in [0.15, 0.2) is 5.58 Å². The molecule has 0 radical (unpaired) electrons. The molecule has 0 saturated heterocycles. The molecule has 1 heterocycles. The van der Waals surface area contributed by atoms with Crippen molar-refractivity contribution < 1.29 is 17.4 Å². The van der Waals surface area contributed by atoms with Gasteiger partial charge in [-0.15, -0.1) is 0 Å². The molecule has 23 heavy (non-hydrogen) atoms. The maximum absolute atomic E-state index is 10.4. The standard InChI is InChI=1S/C9H9NOS.C7H8O3S/c1-6-3-4-7-8(5-6)11-9(10-7)12-2;1-6-2-4-7(5-3-6)11(8,9)10/h3-5H,1-2H3;2-5H,1H3,(H,8,9,10)/p-1. The Morgan fingerprint density at radius 1 is 1.04 bits per heavy atom. The number of rotatable bonds is 2. The van der Waals surface area contributed by atoms with E-state index in [1.165, 1.54) is 29.5 Å². The van der Waals surface area contributed by atoms with Gasteiger partial charge in [-0.05, 0) is 49.9 Å². The predicted molar refractivity (Wildman–Crippen MR) is 89.7 cm³/mol. The lowest BCUT2D eigenvalue weighted by Gasteiger charge is -2.05. The van der Waals surface area contributed by atoms with Crippen molar-refractivity contribution in [3.63, 3.8) is 0 Å². The lowest BCUT2D eigenvalue weighted by Crippen LogP contribution is -1.97. The van der Waals surface area contributed by atoms with Gasteiger partial charge < -0.3 is 8.97 Å². The average molecular weight is 350 g/mol. The molecule has 0 fully saturated rings. The van der Waals surface area contributed by atoms with Gasteiger partial charge in [-0.1, -0.05) is 35.5 Å². The fourth-order valence-electron chi connectivity index (χ4n) is 1.80. The molecule has 3 rings (SSSR count). The Morgan fingerprint density at radius 2 is 1.65 bits per heavy atom. The number of hydrogen-bond acceptors (Lipinski definition) is 6. The van der Waals surface area contributed by atoms with Crippen molar-refractivity contribution in [3.8, 4) is 0 Å². The smallest absolute Gasteiger partial charge is 0.256 e. The molecule has 0 saturated carbocycles. The summed E-state index contributed by atoms with van der Waals surface area (Å²) in [5, 5.41) is 0.732. The molecule has 2 aromatic carbocycles. The number of fused-ring (bicyclic) bond motifs is 1. The first kappa shape index (κ1) is 17.5. The van der Waals surface area contributed by atoms with Crippen molar-refractivity contribution in [1.82, 2.24) is 4.98 Å². The number of benzene rings is 2. The Balaban J connectivity index is 0.000000168. The Bertz CT molecular complexity index is 899. The molecule has 7 heteroatoms. The lowest BCUT2D eigenvalue weighted by molar-refractivity contribution is 0.463. The highest BCUT2D eigenvalue weighted by atomic mass is 32.2. The van der Waals surface area contributed by atoms with Crippen LogP contribution in [0.3, 0.4) is 0 Å². The second kappa shape index (κ2) is 7.16. The van der Waals surface area contributed by atoms with Crippen molar-refractivity contribution in [2.24, 2.45) is 0 Å². The van der Waals surface area contributed by atoms with Crippen LogP contribution in [0.25, 0.3) is 11.1 Å². The topological polar surface area (TPSA) is 83.2 Å². The van der Waals surface area contributed by atoms with E-state index in [0.717, 1.165) is 21.9 Å². The maximum Gasteiger partial charge on any atom is 0.256 e. The van der Waals surface area contributed by atoms with Gasteiger partial charge in [0.1, 0.15) is 15.6 Å². The highest BCUT2D eigenvalue weighted by Crippen LogP contribution is 2.21. The molecule has 5 nitrogen and oxygen atoms in total. The van der Waals surface area contributed by atoms with Gasteiger partial charge >= 0.3 is 0 Å². The Morgan fingerprint density at radius 3 is 2.22 bits per heavy atom. The summed E-state index contributed by atoms with van der Waals surface area (Å²) in [4.78, 5) is 4.09. The third kappa shape index (κ3) is 4.82. The number of thioether (sulfide) groups is 1. The fourth-order valence-corrected chi connectivity index (χ4v) is 2.64. The molecular weight excluding hydrogens is 334 g/mol. The molecule has 0 aliphatic rings. The minimum absolute atomic E-state index is 0.178. The first-order valence-electron chi connectivity index (χ1n) is 6.73. The van der Waals surface area contributed by atoms with Crippen molar-refractivity contribution in [2.75, 3.05) is 6.26 Å². The lowest BCUT2D eigenvalue weighted by atomic mass is 10.2. The van der Waals surface area contributed by atoms with Crippen molar-refractivity contribution in [3.05, 3.63) is 53.6 Å². The van der Waals surface area contributed by atoms with Gasteiger partial charge in [-0.3, -0.25) is 0 Å². The van der Waals surface area contributed by atoms with Crippen molar-refractivity contribution >= 4 is 33.0 Å². The number of nitrogens with zero attached hydrogens (tertiary/aromatic N) is 1. The second-order valence-electron chi connectivity index (χ2n) is 4.92. The summed E-state index contributed by atoms with van der Waals surface area (Å²) in [6, 6.07) is 11.8. The van der Waals surface area contributed by atoms with Crippen molar-refractivity contribution in [2.45, 2.75) is 24.0 Å². The molecule has 0 amide bonds. The van der Waals surface area contributed by atoms with Gasteiger partial charge in [0.2, 0.25) is 0 Å². The third-order valence-corrected chi connectivity index (χ3v) is 4.38. The summed E-state index contributed by atoms with van der Waals surface area (Å²) in [7, 11) is -4.27. The Kier molecular flexibility index (Phi) is 5.46. The first-order chi connectivity index (χ1) is 10.8. The van der Waals surface area contributed by atoms with Crippen LogP contribution in [-0.2, 0) is 10.1 Å². The monoisotopic (exact) mass is 350 g/mol. The van der Waals surface area contributed by atoms with E-state index in [1.54, 1.807) is 12.1 Å². The van der Waals surface area contributed by atoms with E-state index in [4.69, 9.17) is 4.42 Å². The van der Waals surface area contributed by atoms with E-state index in [2.05, 4.69) is 4.98 Å². The molecule has 0 spiro atoms. The summed E-state index contributed by atoms with van der Waals surface area (Å²) in [6.07, 6.45) is 1.96. The fraction of sp³-hybridized carbons (Fsp3) is 0.188. The molecule has 0 N–H and O–H groups in total. The Labute approximate surface area is 139 Å². The van der Waals surface area contributed by atoms with Gasteiger partial charge in [-0.2, -0.15) is 0 Å². The van der Waals surface area contributed by atoms with E-state index in [-0.39, 0.29) is 4.90 Å². The molecular formula is C16H16NO4S2-. The molecule has 122 valence electrons. The molecule has 1 aromatic heterocycles. The number of aryl methyl sites for hydroxylation is 2. The number of aromatic nitrogens is 1. The maximum atomic E-state index is 10.4. The van der Waals surface area contributed by atoms with Crippen LogP contribution in [-0.4, -0.2) is 24.2 Å². The Hall–Kier alpha value is -1.83. The van der Waals surface area contributed by atoms with Crippen LogP contribution in [0.1, 0.15) is 11.1 Å². The minimum Gasteiger partial charge on any atom is -0.744 e. The minimum atomic E-state index is -4.27. The molecule has 0 atom stereocenters. The average Bonchev–Trinajstić information content (AvgIpc) is 2.89. The quantitative estimate of drug-likeness (QED) is 0.517. The SMILES string of the molecule is CSc1nc2ccc(C)cc2o1.Cc1ccc(S(=O)(=O)[O-])cc1. The van der Waals surface area contributed by atoms with E-state index >= 15 is 0 Å². The van der Waals surface area contributed by atoms with Crippen molar-refractivity contribution in [1.29, 1.82) is 0 Å². The van der Waals surface area contributed by atoms with E-state index in [0.29, 0.717) is 0 Å². The second-order valence-corrected chi connectivity index (χ2v) is 7.06. The summed E-state index contributed by atoms with van der Waals surface area (Å²) in [5.74, 6) is 0. The molecule has 0 bridgehead atoms. The number of oxazole rings is 1. The predicted octanol–water partition coefficient (Wildman–Crippen LogP) is 3.76. The molecule has 3 aromatic rings. The highest BCUT2D eigenvalue weighted by molar-refractivity contribution is 7.98. The van der Waals surface area contributed by atoms with Gasteiger partial charge in [0.05, 0.1) is 4.90 Å². The first-order valence-corrected chi connectivity index (χ1v) is 9.36. The van der Waals surface area contributed by atoms with Crippen LogP contribution in [0.5, 0.6) is 0 Å².